The molecule has 0 radical (unpaired) electrons. The minimum atomic E-state index is 0.734. The third-order valence-corrected chi connectivity index (χ3v) is 4.99. The van der Waals surface area contributed by atoms with Crippen molar-refractivity contribution < 1.29 is 0 Å². The molecule has 0 spiro atoms. The fourth-order valence-electron chi connectivity index (χ4n) is 2.27. The van der Waals surface area contributed by atoms with Gasteiger partial charge in [-0.15, -0.1) is 11.8 Å². The van der Waals surface area contributed by atoms with Gasteiger partial charge in [0.15, 0.2) is 0 Å². The zero-order valence-corrected chi connectivity index (χ0v) is 14.0. The van der Waals surface area contributed by atoms with Gasteiger partial charge in [-0.1, -0.05) is 45.8 Å². The number of hydrogen-bond acceptors (Lipinski definition) is 3. The summed E-state index contributed by atoms with van der Waals surface area (Å²) in [5, 5.41) is 1.10. The molecule has 0 aliphatic heterocycles. The minimum Gasteiger partial charge on any atom is -0.397 e. The summed E-state index contributed by atoms with van der Waals surface area (Å²) in [5.74, 6) is 0.900. The van der Waals surface area contributed by atoms with Gasteiger partial charge in [-0.3, -0.25) is 4.98 Å². The molecule has 0 fully saturated rings. The van der Waals surface area contributed by atoms with Crippen LogP contribution in [0.3, 0.4) is 0 Å². The van der Waals surface area contributed by atoms with Gasteiger partial charge in [0.05, 0.1) is 17.4 Å². The Bertz CT molecular complexity index is 797. The first-order valence-corrected chi connectivity index (χ1v) is 8.43. The Morgan fingerprint density at radius 3 is 2.86 bits per heavy atom. The number of nitrogen functional groups attached to an aromatic ring is 1. The summed E-state index contributed by atoms with van der Waals surface area (Å²) in [7, 11) is 0. The highest BCUT2D eigenvalue weighted by Gasteiger charge is 2.08. The lowest BCUT2D eigenvalue weighted by molar-refractivity contribution is 1.33. The molecule has 0 atom stereocenters. The van der Waals surface area contributed by atoms with Gasteiger partial charge in [0.2, 0.25) is 0 Å². The monoisotopic (exact) mass is 358 g/mol. The average Bonchev–Trinajstić information content (AvgIpc) is 2.46. The number of aryl methyl sites for hydroxylation is 1. The summed E-state index contributed by atoms with van der Waals surface area (Å²) < 4.78 is 1.04. The molecule has 21 heavy (non-hydrogen) atoms. The number of nitrogens with two attached hydrogens (primary N) is 1. The van der Waals surface area contributed by atoms with E-state index in [-0.39, 0.29) is 0 Å². The quantitative estimate of drug-likeness (QED) is 0.655. The summed E-state index contributed by atoms with van der Waals surface area (Å²) in [6.07, 6.45) is 1.74. The summed E-state index contributed by atoms with van der Waals surface area (Å²) in [6.45, 7) is 2.11. The molecule has 1 aromatic heterocycles. The Morgan fingerprint density at radius 2 is 2.05 bits per heavy atom. The first-order valence-electron chi connectivity index (χ1n) is 6.65. The number of nitrogens with zero attached hydrogens (tertiary/aromatic N) is 1. The smallest absolute Gasteiger partial charge is 0.0715 e. The number of anilines is 1. The van der Waals surface area contributed by atoms with Crippen molar-refractivity contribution in [3.8, 4) is 0 Å². The first kappa shape index (κ1) is 14.4. The zero-order valence-electron chi connectivity index (χ0n) is 11.6. The second-order valence-corrected chi connectivity index (χ2v) is 6.88. The van der Waals surface area contributed by atoms with Gasteiger partial charge in [0, 0.05) is 20.5 Å². The van der Waals surface area contributed by atoms with Crippen LogP contribution in [0.2, 0.25) is 0 Å². The number of rotatable bonds is 3. The lowest BCUT2D eigenvalue weighted by atomic mass is 10.2. The van der Waals surface area contributed by atoms with Crippen molar-refractivity contribution >= 4 is 44.3 Å². The van der Waals surface area contributed by atoms with Gasteiger partial charge in [0.1, 0.15) is 0 Å². The molecule has 0 aliphatic carbocycles. The van der Waals surface area contributed by atoms with Crippen LogP contribution in [0.4, 0.5) is 5.69 Å². The molecule has 2 nitrogen and oxygen atoms in total. The van der Waals surface area contributed by atoms with Crippen LogP contribution in [0.5, 0.6) is 0 Å². The largest absolute Gasteiger partial charge is 0.397 e. The maximum Gasteiger partial charge on any atom is 0.0715 e. The molecule has 106 valence electrons. The minimum absolute atomic E-state index is 0.734. The van der Waals surface area contributed by atoms with Crippen LogP contribution in [-0.2, 0) is 5.75 Å². The van der Waals surface area contributed by atoms with Crippen molar-refractivity contribution in [2.75, 3.05) is 5.73 Å². The maximum absolute atomic E-state index is 6.13. The molecular formula is C17H15BrN2S. The molecule has 0 unspecified atom stereocenters. The molecule has 0 amide bonds. The highest BCUT2D eigenvalue weighted by Crippen LogP contribution is 2.35. The number of aromatic nitrogens is 1. The predicted octanol–water partition coefficient (Wildman–Crippen LogP) is 5.18. The molecule has 2 aromatic carbocycles. The van der Waals surface area contributed by atoms with Crippen molar-refractivity contribution in [1.82, 2.24) is 4.98 Å². The van der Waals surface area contributed by atoms with Crippen molar-refractivity contribution in [2.24, 2.45) is 0 Å². The molecule has 3 rings (SSSR count). The first-order chi connectivity index (χ1) is 10.1. The highest BCUT2D eigenvalue weighted by atomic mass is 79.9. The van der Waals surface area contributed by atoms with Gasteiger partial charge in [-0.05, 0) is 30.7 Å². The van der Waals surface area contributed by atoms with Crippen LogP contribution in [0.1, 0.15) is 11.1 Å². The van der Waals surface area contributed by atoms with Crippen LogP contribution in [-0.4, -0.2) is 4.98 Å². The normalized spacial score (nSPS) is 11.0. The lowest BCUT2D eigenvalue weighted by Gasteiger charge is -2.10. The van der Waals surface area contributed by atoms with Crippen LogP contribution in [0.15, 0.2) is 58.0 Å². The second-order valence-electron chi connectivity index (χ2n) is 4.98. The van der Waals surface area contributed by atoms with Gasteiger partial charge in [0.25, 0.3) is 0 Å². The Balaban J connectivity index is 1.96. The van der Waals surface area contributed by atoms with Crippen LogP contribution in [0, 0.1) is 6.92 Å². The Kier molecular flexibility index (Phi) is 4.17. The molecule has 0 bridgehead atoms. The fourth-order valence-corrected chi connectivity index (χ4v) is 3.66. The number of fused-ring (bicyclic) bond motifs is 1. The summed E-state index contributed by atoms with van der Waals surface area (Å²) in [6, 6.07) is 14.7. The average molecular weight is 359 g/mol. The van der Waals surface area contributed by atoms with E-state index in [4.69, 9.17) is 5.73 Å². The van der Waals surface area contributed by atoms with E-state index in [0.717, 1.165) is 31.7 Å². The predicted molar refractivity (Wildman–Crippen MR) is 94.6 cm³/mol. The van der Waals surface area contributed by atoms with Crippen LogP contribution in [0.25, 0.3) is 10.9 Å². The summed E-state index contributed by atoms with van der Waals surface area (Å²) in [5.41, 5.74) is 10.4. The number of halogens is 1. The Morgan fingerprint density at radius 1 is 1.19 bits per heavy atom. The van der Waals surface area contributed by atoms with E-state index in [9.17, 15) is 0 Å². The number of thioether (sulfide) groups is 1. The number of pyridine rings is 1. The molecule has 0 saturated carbocycles. The third-order valence-electron chi connectivity index (χ3n) is 3.27. The molecule has 1 heterocycles. The van der Waals surface area contributed by atoms with E-state index >= 15 is 0 Å². The lowest BCUT2D eigenvalue weighted by Crippen LogP contribution is -1.93. The summed E-state index contributed by atoms with van der Waals surface area (Å²) in [4.78, 5) is 5.49. The molecule has 2 N–H and O–H groups in total. The van der Waals surface area contributed by atoms with Crippen molar-refractivity contribution in [3.63, 3.8) is 0 Å². The van der Waals surface area contributed by atoms with E-state index in [0.29, 0.717) is 0 Å². The van der Waals surface area contributed by atoms with E-state index in [2.05, 4.69) is 58.2 Å². The zero-order chi connectivity index (χ0) is 14.8. The Labute approximate surface area is 136 Å². The molecular weight excluding hydrogens is 344 g/mol. The number of benzene rings is 2. The van der Waals surface area contributed by atoms with Crippen molar-refractivity contribution in [3.05, 3.63) is 64.3 Å². The third kappa shape index (κ3) is 3.22. The van der Waals surface area contributed by atoms with Crippen molar-refractivity contribution in [1.29, 1.82) is 0 Å². The SMILES string of the molecule is Cc1cccc(CSc2c(N)cnc3ccc(Br)cc23)c1. The molecule has 0 saturated heterocycles. The fraction of sp³-hybridized carbons (Fsp3) is 0.118. The van der Waals surface area contributed by atoms with Gasteiger partial charge in [-0.25, -0.2) is 0 Å². The topological polar surface area (TPSA) is 38.9 Å². The second kappa shape index (κ2) is 6.08. The van der Waals surface area contributed by atoms with E-state index in [1.165, 1.54) is 11.1 Å². The van der Waals surface area contributed by atoms with Gasteiger partial charge < -0.3 is 5.73 Å². The van der Waals surface area contributed by atoms with Gasteiger partial charge >= 0.3 is 0 Å². The van der Waals surface area contributed by atoms with Gasteiger partial charge in [-0.2, -0.15) is 0 Å². The number of hydrogen-bond donors (Lipinski definition) is 1. The summed E-state index contributed by atoms with van der Waals surface area (Å²) >= 11 is 5.28. The van der Waals surface area contributed by atoms with E-state index in [1.54, 1.807) is 18.0 Å². The Hall–Kier alpha value is -1.52. The van der Waals surface area contributed by atoms with Crippen molar-refractivity contribution in [2.45, 2.75) is 17.6 Å². The standard InChI is InChI=1S/C17H15BrN2S/c1-11-3-2-4-12(7-11)10-21-17-14-8-13(18)5-6-16(14)20-9-15(17)19/h2-9H,10,19H2,1H3. The maximum atomic E-state index is 6.13. The van der Waals surface area contributed by atoms with E-state index < -0.39 is 0 Å². The molecule has 0 aliphatic rings. The molecule has 3 aromatic rings. The van der Waals surface area contributed by atoms with Crippen LogP contribution >= 0.6 is 27.7 Å². The molecule has 4 heteroatoms. The van der Waals surface area contributed by atoms with E-state index in [1.807, 2.05) is 12.1 Å². The van der Waals surface area contributed by atoms with Crippen LogP contribution < -0.4 is 5.73 Å². The highest BCUT2D eigenvalue weighted by molar-refractivity contribution is 9.10.